The molecule has 0 saturated heterocycles. The second kappa shape index (κ2) is 9.51. The first kappa shape index (κ1) is 20.9. The number of hydrogen-bond donors (Lipinski definition) is 2. The fourth-order valence-electron chi connectivity index (χ4n) is 2.23. The summed E-state index contributed by atoms with van der Waals surface area (Å²) >= 11 is 5.69. The van der Waals surface area contributed by atoms with E-state index in [0.29, 0.717) is 35.5 Å². The zero-order chi connectivity index (χ0) is 19.9. The van der Waals surface area contributed by atoms with E-state index in [9.17, 15) is 10.4 Å². The highest BCUT2D eigenvalue weighted by molar-refractivity contribution is 6.29. The average molecular weight is 391 g/mol. The number of β-amino-alcohol motifs (C(OH)–C–C–N with tert-alkyl or cyclic N) is 1. The summed E-state index contributed by atoms with van der Waals surface area (Å²) in [5.74, 6) is 0.849. The minimum absolute atomic E-state index is 0.0741. The molecule has 144 valence electrons. The van der Waals surface area contributed by atoms with Gasteiger partial charge in [0.05, 0.1) is 5.56 Å². The van der Waals surface area contributed by atoms with Gasteiger partial charge >= 0.3 is 0 Å². The fraction of sp³-hybridized carbons (Fsp3) is 0.421. The van der Waals surface area contributed by atoms with Gasteiger partial charge in [0.1, 0.15) is 31.1 Å². The Morgan fingerprint density at radius 1 is 1.26 bits per heavy atom. The molecule has 27 heavy (non-hydrogen) atoms. The van der Waals surface area contributed by atoms with E-state index >= 15 is 0 Å². The van der Waals surface area contributed by atoms with Gasteiger partial charge in [0.25, 0.3) is 0 Å². The number of halogens is 1. The second-order valence-electron chi connectivity index (χ2n) is 6.77. The summed E-state index contributed by atoms with van der Waals surface area (Å²) in [5, 5.41) is 30.5. The summed E-state index contributed by atoms with van der Waals surface area (Å²) in [6.07, 6.45) is -0.744. The lowest BCUT2D eigenvalue weighted by Crippen LogP contribution is -2.48. The van der Waals surface area contributed by atoms with E-state index in [4.69, 9.17) is 21.1 Å². The zero-order valence-electron chi connectivity index (χ0n) is 15.6. The van der Waals surface area contributed by atoms with E-state index in [1.165, 1.54) is 0 Å². The molecule has 2 N–H and O–H groups in total. The van der Waals surface area contributed by atoms with E-state index in [1.54, 1.807) is 18.2 Å². The molecule has 0 amide bonds. The number of aliphatic hydroxyl groups is 1. The highest BCUT2D eigenvalue weighted by Crippen LogP contribution is 2.21. The van der Waals surface area contributed by atoms with Crippen LogP contribution in [0.1, 0.15) is 25.0 Å². The summed E-state index contributed by atoms with van der Waals surface area (Å²) in [5.41, 5.74) is 0.908. The molecule has 2 rings (SSSR count). The molecule has 0 spiro atoms. The molecule has 2 aromatic rings. The third-order valence-corrected chi connectivity index (χ3v) is 3.98. The number of nitriles is 1. The van der Waals surface area contributed by atoms with Crippen molar-refractivity contribution in [3.05, 3.63) is 46.6 Å². The number of nitrogens with zero attached hydrogens (tertiary/aromatic N) is 3. The van der Waals surface area contributed by atoms with Crippen LogP contribution in [0.4, 0.5) is 0 Å². The Balaban J connectivity index is 1.78. The first-order valence-corrected chi connectivity index (χ1v) is 8.86. The molecule has 1 aromatic heterocycles. The maximum atomic E-state index is 10.2. The van der Waals surface area contributed by atoms with Crippen LogP contribution in [0.15, 0.2) is 30.3 Å². The van der Waals surface area contributed by atoms with Crippen LogP contribution in [0.5, 0.6) is 11.6 Å². The minimum Gasteiger partial charge on any atom is -0.489 e. The summed E-state index contributed by atoms with van der Waals surface area (Å²) in [7, 11) is 0. The first-order valence-electron chi connectivity index (χ1n) is 8.48. The quantitative estimate of drug-likeness (QED) is 0.678. The largest absolute Gasteiger partial charge is 0.489 e. The van der Waals surface area contributed by atoms with Crippen LogP contribution in [-0.4, -0.2) is 46.7 Å². The second-order valence-corrected chi connectivity index (χ2v) is 7.16. The molecule has 0 radical (unpaired) electrons. The van der Waals surface area contributed by atoms with E-state index in [2.05, 4.69) is 21.6 Å². The van der Waals surface area contributed by atoms with Gasteiger partial charge < -0.3 is 19.9 Å². The maximum Gasteiger partial charge on any atom is 0.233 e. The average Bonchev–Trinajstić information content (AvgIpc) is 2.64. The van der Waals surface area contributed by atoms with Crippen molar-refractivity contribution in [3.8, 4) is 17.7 Å². The number of nitrogens with one attached hydrogen (secondary N) is 1. The van der Waals surface area contributed by atoms with Crippen molar-refractivity contribution in [2.45, 2.75) is 32.4 Å². The van der Waals surface area contributed by atoms with Crippen molar-refractivity contribution in [2.24, 2.45) is 0 Å². The Bertz CT molecular complexity index is 791. The molecule has 0 aliphatic heterocycles. The number of aromatic nitrogens is 2. The lowest BCUT2D eigenvalue weighted by Gasteiger charge is -2.27. The molecule has 0 bridgehead atoms. The van der Waals surface area contributed by atoms with Gasteiger partial charge in [-0.2, -0.15) is 5.26 Å². The molecule has 1 heterocycles. The number of hydrogen-bond acceptors (Lipinski definition) is 7. The number of aryl methyl sites for hydroxylation is 1. The molecular weight excluding hydrogens is 368 g/mol. The smallest absolute Gasteiger partial charge is 0.233 e. The molecule has 0 aliphatic carbocycles. The summed E-state index contributed by atoms with van der Waals surface area (Å²) in [4.78, 5) is 0. The van der Waals surface area contributed by atoms with Crippen molar-refractivity contribution < 1.29 is 14.6 Å². The molecule has 0 aliphatic rings. The van der Waals surface area contributed by atoms with E-state index in [1.807, 2.05) is 32.9 Å². The summed E-state index contributed by atoms with van der Waals surface area (Å²) in [6, 6.07) is 10.7. The molecule has 0 fully saturated rings. The van der Waals surface area contributed by atoms with Crippen LogP contribution in [0.2, 0.25) is 5.15 Å². The van der Waals surface area contributed by atoms with E-state index < -0.39 is 11.6 Å². The van der Waals surface area contributed by atoms with Crippen molar-refractivity contribution >= 4 is 11.6 Å². The van der Waals surface area contributed by atoms with Crippen LogP contribution >= 0.6 is 11.6 Å². The van der Waals surface area contributed by atoms with Gasteiger partial charge in [-0.25, -0.2) is 0 Å². The van der Waals surface area contributed by atoms with Crippen LogP contribution < -0.4 is 14.8 Å². The van der Waals surface area contributed by atoms with Crippen LogP contribution in [0, 0.1) is 18.3 Å². The normalized spacial score (nSPS) is 12.3. The SMILES string of the molecule is Cc1cccc(OCC(O)CNC(C)(C)COc2ccc(Cl)nn2)c1C#N. The Morgan fingerprint density at radius 2 is 2.04 bits per heavy atom. The topological polar surface area (TPSA) is 100 Å². The summed E-state index contributed by atoms with van der Waals surface area (Å²) < 4.78 is 11.2. The monoisotopic (exact) mass is 390 g/mol. The Labute approximate surface area is 163 Å². The number of benzene rings is 1. The van der Waals surface area contributed by atoms with Gasteiger partial charge in [-0.15, -0.1) is 10.2 Å². The fourth-order valence-corrected chi connectivity index (χ4v) is 2.33. The lowest BCUT2D eigenvalue weighted by molar-refractivity contribution is 0.0921. The standard InChI is InChI=1S/C19H23ClN4O3/c1-13-5-4-6-16(15(13)9-21)26-11-14(25)10-22-19(2,3)12-27-18-8-7-17(20)23-24-18/h4-8,14,22,25H,10-12H2,1-3H3. The molecule has 7 nitrogen and oxygen atoms in total. The third-order valence-electron chi connectivity index (χ3n) is 3.78. The van der Waals surface area contributed by atoms with Gasteiger partial charge in [0.2, 0.25) is 5.88 Å². The highest BCUT2D eigenvalue weighted by atomic mass is 35.5. The number of ether oxygens (including phenoxy) is 2. The maximum absolute atomic E-state index is 10.2. The van der Waals surface area contributed by atoms with Gasteiger partial charge in [0.15, 0.2) is 5.15 Å². The van der Waals surface area contributed by atoms with Crippen LogP contribution in [-0.2, 0) is 0 Å². The molecule has 8 heteroatoms. The molecule has 1 aromatic carbocycles. The third kappa shape index (κ3) is 6.68. The summed E-state index contributed by atoms with van der Waals surface area (Å²) in [6.45, 7) is 6.43. The number of aliphatic hydroxyl groups excluding tert-OH is 1. The zero-order valence-corrected chi connectivity index (χ0v) is 16.3. The van der Waals surface area contributed by atoms with E-state index in [-0.39, 0.29) is 6.61 Å². The van der Waals surface area contributed by atoms with Crippen molar-refractivity contribution in [1.29, 1.82) is 5.26 Å². The first-order chi connectivity index (χ1) is 12.8. The van der Waals surface area contributed by atoms with Gasteiger partial charge in [0, 0.05) is 18.2 Å². The molecule has 1 atom stereocenters. The molecule has 1 unspecified atom stereocenters. The van der Waals surface area contributed by atoms with Crippen molar-refractivity contribution in [3.63, 3.8) is 0 Å². The van der Waals surface area contributed by atoms with Gasteiger partial charge in [-0.1, -0.05) is 23.7 Å². The highest BCUT2D eigenvalue weighted by Gasteiger charge is 2.20. The Morgan fingerprint density at radius 3 is 2.70 bits per heavy atom. The van der Waals surface area contributed by atoms with Gasteiger partial charge in [-0.05, 0) is 38.5 Å². The van der Waals surface area contributed by atoms with Crippen LogP contribution in [0.25, 0.3) is 0 Å². The van der Waals surface area contributed by atoms with Crippen molar-refractivity contribution in [1.82, 2.24) is 15.5 Å². The molecule has 0 saturated carbocycles. The lowest BCUT2D eigenvalue weighted by atomic mass is 10.1. The van der Waals surface area contributed by atoms with Gasteiger partial charge in [-0.3, -0.25) is 0 Å². The Kier molecular flexibility index (Phi) is 7.36. The van der Waals surface area contributed by atoms with Crippen molar-refractivity contribution in [2.75, 3.05) is 19.8 Å². The minimum atomic E-state index is -0.744. The van der Waals surface area contributed by atoms with E-state index in [0.717, 1.165) is 5.56 Å². The Hall–Kier alpha value is -2.40. The predicted octanol–water partition coefficient (Wildman–Crippen LogP) is 2.50. The van der Waals surface area contributed by atoms with Crippen LogP contribution in [0.3, 0.4) is 0 Å². The predicted molar refractivity (Wildman–Crippen MR) is 102 cm³/mol. The number of rotatable bonds is 9. The molecular formula is C19H23ClN4O3.